The van der Waals surface area contributed by atoms with Gasteiger partial charge in [-0.15, -0.1) is 0 Å². The number of amides is 2. The standard InChI is InChI=1S/C26H27FN2O5/c1-17(14-18-8-4-5-9-20(18)27)28-26(31)19-12-13-23(24(15-19)33-3)34-16-25(30)29-21-10-6-7-11-22(21)32-2/h4-13,15,17H,14,16H2,1-3H3,(H,28,31)(H,29,30). The highest BCUT2D eigenvalue weighted by Gasteiger charge is 2.16. The Morgan fingerprint density at radius 2 is 1.62 bits per heavy atom. The summed E-state index contributed by atoms with van der Waals surface area (Å²) in [6.45, 7) is 1.54. The highest BCUT2D eigenvalue weighted by atomic mass is 19.1. The van der Waals surface area contributed by atoms with E-state index in [9.17, 15) is 14.0 Å². The summed E-state index contributed by atoms with van der Waals surface area (Å²) in [5.74, 6) is 0.139. The van der Waals surface area contributed by atoms with Crippen molar-refractivity contribution in [2.24, 2.45) is 0 Å². The van der Waals surface area contributed by atoms with Crippen molar-refractivity contribution in [1.29, 1.82) is 0 Å². The largest absolute Gasteiger partial charge is 0.495 e. The minimum Gasteiger partial charge on any atom is -0.495 e. The maximum Gasteiger partial charge on any atom is 0.262 e. The van der Waals surface area contributed by atoms with Crippen molar-refractivity contribution in [3.8, 4) is 17.2 Å². The lowest BCUT2D eigenvalue weighted by Gasteiger charge is -2.16. The van der Waals surface area contributed by atoms with Gasteiger partial charge in [-0.2, -0.15) is 0 Å². The number of hydrogen-bond acceptors (Lipinski definition) is 5. The van der Waals surface area contributed by atoms with Gasteiger partial charge in [0.25, 0.3) is 11.8 Å². The minimum absolute atomic E-state index is 0.264. The topological polar surface area (TPSA) is 85.9 Å². The van der Waals surface area contributed by atoms with Crippen molar-refractivity contribution < 1.29 is 28.2 Å². The first-order valence-corrected chi connectivity index (χ1v) is 10.7. The molecule has 8 heteroatoms. The third kappa shape index (κ3) is 6.48. The third-order valence-electron chi connectivity index (χ3n) is 5.03. The van der Waals surface area contributed by atoms with Gasteiger partial charge in [-0.25, -0.2) is 4.39 Å². The van der Waals surface area contributed by atoms with Gasteiger partial charge in [0.15, 0.2) is 18.1 Å². The number of halogens is 1. The quantitative estimate of drug-likeness (QED) is 0.467. The fourth-order valence-corrected chi connectivity index (χ4v) is 3.36. The van der Waals surface area contributed by atoms with Crippen LogP contribution in [-0.2, 0) is 11.2 Å². The van der Waals surface area contributed by atoms with Crippen LogP contribution in [0.4, 0.5) is 10.1 Å². The second-order valence-electron chi connectivity index (χ2n) is 7.57. The minimum atomic E-state index is -0.379. The van der Waals surface area contributed by atoms with Gasteiger partial charge in [-0.1, -0.05) is 30.3 Å². The van der Waals surface area contributed by atoms with Crippen molar-refractivity contribution in [3.05, 3.63) is 83.7 Å². The predicted octanol–water partition coefficient (Wildman–Crippen LogP) is 4.22. The fourth-order valence-electron chi connectivity index (χ4n) is 3.36. The molecule has 3 rings (SSSR count). The van der Waals surface area contributed by atoms with Gasteiger partial charge in [-0.3, -0.25) is 9.59 Å². The Hall–Kier alpha value is -4.07. The summed E-state index contributed by atoms with van der Waals surface area (Å²) >= 11 is 0. The molecule has 0 fully saturated rings. The second-order valence-corrected chi connectivity index (χ2v) is 7.57. The van der Waals surface area contributed by atoms with E-state index < -0.39 is 0 Å². The van der Waals surface area contributed by atoms with Gasteiger partial charge < -0.3 is 24.8 Å². The van der Waals surface area contributed by atoms with Gasteiger partial charge >= 0.3 is 0 Å². The number of carbonyl (C=O) groups excluding carboxylic acids is 2. The number of carbonyl (C=O) groups is 2. The van der Waals surface area contributed by atoms with Crippen LogP contribution in [0.25, 0.3) is 0 Å². The van der Waals surface area contributed by atoms with E-state index in [1.807, 2.05) is 0 Å². The molecule has 1 unspecified atom stereocenters. The Balaban J connectivity index is 1.59. The number of ether oxygens (including phenoxy) is 3. The predicted molar refractivity (Wildman–Crippen MR) is 127 cm³/mol. The van der Waals surface area contributed by atoms with Crippen LogP contribution in [0.1, 0.15) is 22.8 Å². The van der Waals surface area contributed by atoms with Gasteiger partial charge in [0.1, 0.15) is 11.6 Å². The molecule has 0 spiro atoms. The summed E-state index contributed by atoms with van der Waals surface area (Å²) in [5.41, 5.74) is 1.41. The lowest BCUT2D eigenvalue weighted by molar-refractivity contribution is -0.118. The number of nitrogens with one attached hydrogen (secondary N) is 2. The molecule has 3 aromatic carbocycles. The molecule has 1 atom stereocenters. The molecule has 0 radical (unpaired) electrons. The molecule has 0 aliphatic rings. The first-order valence-electron chi connectivity index (χ1n) is 10.7. The Bertz CT molecular complexity index is 1150. The zero-order chi connectivity index (χ0) is 24.5. The zero-order valence-corrected chi connectivity index (χ0v) is 19.3. The van der Waals surface area contributed by atoms with E-state index in [4.69, 9.17) is 14.2 Å². The summed E-state index contributed by atoms with van der Waals surface area (Å²) in [7, 11) is 2.96. The van der Waals surface area contributed by atoms with Gasteiger partial charge in [0, 0.05) is 11.6 Å². The molecule has 0 bridgehead atoms. The Kier molecular flexibility index (Phi) is 8.45. The number of methoxy groups -OCH3 is 2. The summed E-state index contributed by atoms with van der Waals surface area (Å²) in [6, 6.07) is 17.9. The SMILES string of the molecule is COc1ccccc1NC(=O)COc1ccc(C(=O)NC(C)Cc2ccccc2F)cc1OC. The molecule has 34 heavy (non-hydrogen) atoms. The Morgan fingerprint density at radius 3 is 2.35 bits per heavy atom. The molecule has 0 aliphatic carbocycles. The number of rotatable bonds is 10. The molecule has 2 amide bonds. The first-order chi connectivity index (χ1) is 16.4. The molecule has 0 saturated carbocycles. The maximum absolute atomic E-state index is 13.9. The first kappa shape index (κ1) is 24.6. The lowest BCUT2D eigenvalue weighted by Crippen LogP contribution is -2.34. The van der Waals surface area contributed by atoms with E-state index >= 15 is 0 Å². The average Bonchev–Trinajstić information content (AvgIpc) is 2.84. The van der Waals surface area contributed by atoms with Crippen LogP contribution in [0.5, 0.6) is 17.2 Å². The van der Waals surface area contributed by atoms with E-state index in [1.54, 1.807) is 61.5 Å². The van der Waals surface area contributed by atoms with Crippen LogP contribution in [0.15, 0.2) is 66.7 Å². The van der Waals surface area contributed by atoms with Crippen molar-refractivity contribution in [2.45, 2.75) is 19.4 Å². The van der Waals surface area contributed by atoms with E-state index in [2.05, 4.69) is 10.6 Å². The molecular weight excluding hydrogens is 439 g/mol. The number of para-hydroxylation sites is 2. The number of hydrogen-bond donors (Lipinski definition) is 2. The molecule has 0 heterocycles. The highest BCUT2D eigenvalue weighted by molar-refractivity contribution is 5.95. The number of anilines is 1. The van der Waals surface area contributed by atoms with Crippen molar-refractivity contribution in [1.82, 2.24) is 5.32 Å². The molecular formula is C26H27FN2O5. The van der Waals surface area contributed by atoms with E-state index in [0.29, 0.717) is 40.5 Å². The van der Waals surface area contributed by atoms with Gasteiger partial charge in [-0.05, 0) is 55.3 Å². The Labute approximate surface area is 197 Å². The smallest absolute Gasteiger partial charge is 0.262 e. The molecule has 178 valence electrons. The van der Waals surface area contributed by atoms with Crippen molar-refractivity contribution in [3.63, 3.8) is 0 Å². The van der Waals surface area contributed by atoms with Crippen molar-refractivity contribution in [2.75, 3.05) is 26.1 Å². The third-order valence-corrected chi connectivity index (χ3v) is 5.03. The molecule has 0 aliphatic heterocycles. The molecule has 0 saturated heterocycles. The van der Waals surface area contributed by atoms with E-state index in [-0.39, 0.29) is 30.3 Å². The molecule has 0 aromatic heterocycles. The van der Waals surface area contributed by atoms with Gasteiger partial charge in [0.2, 0.25) is 0 Å². The van der Waals surface area contributed by atoms with Crippen molar-refractivity contribution >= 4 is 17.5 Å². The van der Waals surface area contributed by atoms with Crippen LogP contribution in [-0.4, -0.2) is 38.7 Å². The van der Waals surface area contributed by atoms with E-state index in [1.165, 1.54) is 26.4 Å². The summed E-state index contributed by atoms with van der Waals surface area (Å²) in [4.78, 5) is 25.0. The monoisotopic (exact) mass is 466 g/mol. The summed E-state index contributed by atoms with van der Waals surface area (Å²) in [5, 5.41) is 5.58. The zero-order valence-electron chi connectivity index (χ0n) is 19.3. The van der Waals surface area contributed by atoms with Crippen LogP contribution >= 0.6 is 0 Å². The van der Waals surface area contributed by atoms with Gasteiger partial charge in [0.05, 0.1) is 19.9 Å². The molecule has 2 N–H and O–H groups in total. The summed E-state index contributed by atoms with van der Waals surface area (Å²) < 4.78 is 30.0. The number of benzene rings is 3. The second kappa shape index (κ2) is 11.7. The highest BCUT2D eigenvalue weighted by Crippen LogP contribution is 2.28. The Morgan fingerprint density at radius 1 is 0.912 bits per heavy atom. The average molecular weight is 467 g/mol. The van der Waals surface area contributed by atoms with Crippen LogP contribution < -0.4 is 24.8 Å². The normalized spacial score (nSPS) is 11.3. The lowest BCUT2D eigenvalue weighted by atomic mass is 10.1. The maximum atomic E-state index is 13.9. The van der Waals surface area contributed by atoms with Crippen LogP contribution in [0, 0.1) is 5.82 Å². The fraction of sp³-hybridized carbons (Fsp3) is 0.231. The summed E-state index contributed by atoms with van der Waals surface area (Å²) in [6.07, 6.45) is 0.359. The van der Waals surface area contributed by atoms with E-state index in [0.717, 1.165) is 0 Å². The van der Waals surface area contributed by atoms with Crippen LogP contribution in [0.3, 0.4) is 0 Å². The molecule has 7 nitrogen and oxygen atoms in total. The van der Waals surface area contributed by atoms with Crippen LogP contribution in [0.2, 0.25) is 0 Å². The molecule has 3 aromatic rings.